The monoisotopic (exact) mass is 265 g/mol. The van der Waals surface area contributed by atoms with Gasteiger partial charge in [0.1, 0.15) is 0 Å². The van der Waals surface area contributed by atoms with Gasteiger partial charge in [-0.25, -0.2) is 0 Å². The Kier molecular flexibility index (Phi) is 5.43. The van der Waals surface area contributed by atoms with Crippen LogP contribution in [0.15, 0.2) is 23.0 Å². The molecule has 4 nitrogen and oxygen atoms in total. The van der Waals surface area contributed by atoms with Gasteiger partial charge in [-0.05, 0) is 45.1 Å². The summed E-state index contributed by atoms with van der Waals surface area (Å²) in [5.74, 6) is 0. The fourth-order valence-corrected chi connectivity index (χ4v) is 2.91. The lowest BCUT2D eigenvalue weighted by molar-refractivity contribution is 0.101. The zero-order valence-corrected chi connectivity index (χ0v) is 12.4. The average molecular weight is 265 g/mol. The highest BCUT2D eigenvalue weighted by Gasteiger charge is 2.25. The molecule has 2 rings (SSSR count). The van der Waals surface area contributed by atoms with Crippen molar-refractivity contribution in [3.05, 3.63) is 24.2 Å². The molecule has 4 heteroatoms. The van der Waals surface area contributed by atoms with E-state index in [-0.39, 0.29) is 0 Å². The van der Waals surface area contributed by atoms with Crippen LogP contribution in [0.5, 0.6) is 0 Å². The molecule has 19 heavy (non-hydrogen) atoms. The summed E-state index contributed by atoms with van der Waals surface area (Å²) in [6, 6.07) is 3.25. The van der Waals surface area contributed by atoms with Gasteiger partial charge in [-0.15, -0.1) is 0 Å². The minimum absolute atomic E-state index is 0.529. The zero-order valence-electron chi connectivity index (χ0n) is 12.4. The van der Waals surface area contributed by atoms with E-state index in [4.69, 9.17) is 4.42 Å². The second-order valence-electron chi connectivity index (χ2n) is 5.72. The SMILES string of the molecule is CCNC(Cc1ccoc1)CC1CN(C)CCN1C. The average Bonchev–Trinajstić information content (AvgIpc) is 2.87. The third kappa shape index (κ3) is 4.34. The van der Waals surface area contributed by atoms with Crippen LogP contribution in [0.2, 0.25) is 0 Å². The molecule has 0 aromatic carbocycles. The molecule has 2 unspecified atom stereocenters. The van der Waals surface area contributed by atoms with Gasteiger partial charge in [-0.3, -0.25) is 0 Å². The Morgan fingerprint density at radius 1 is 1.42 bits per heavy atom. The molecule has 1 N–H and O–H groups in total. The zero-order chi connectivity index (χ0) is 13.7. The van der Waals surface area contributed by atoms with Crippen LogP contribution in [0.4, 0.5) is 0 Å². The summed E-state index contributed by atoms with van der Waals surface area (Å²) in [6.45, 7) is 6.73. The van der Waals surface area contributed by atoms with E-state index in [1.807, 2.05) is 6.26 Å². The first-order valence-corrected chi connectivity index (χ1v) is 7.32. The van der Waals surface area contributed by atoms with E-state index in [1.165, 1.54) is 31.6 Å². The molecule has 1 aliphatic rings. The maximum Gasteiger partial charge on any atom is 0.0935 e. The van der Waals surface area contributed by atoms with Gasteiger partial charge in [-0.1, -0.05) is 6.92 Å². The standard InChI is InChI=1S/C15H27N3O/c1-4-16-14(9-13-5-8-19-12-13)10-15-11-17(2)6-7-18(15)3/h5,8,12,14-16H,4,6-7,9-11H2,1-3H3. The Balaban J connectivity index is 1.91. The van der Waals surface area contributed by atoms with E-state index < -0.39 is 0 Å². The van der Waals surface area contributed by atoms with Gasteiger partial charge in [0.15, 0.2) is 0 Å². The van der Waals surface area contributed by atoms with E-state index in [0.717, 1.165) is 13.0 Å². The molecule has 0 saturated carbocycles. The lowest BCUT2D eigenvalue weighted by Gasteiger charge is -2.39. The summed E-state index contributed by atoms with van der Waals surface area (Å²) in [7, 11) is 4.47. The molecule has 1 saturated heterocycles. The molecule has 0 radical (unpaired) electrons. The van der Waals surface area contributed by atoms with Crippen molar-refractivity contribution in [2.75, 3.05) is 40.3 Å². The molecule has 0 amide bonds. The summed E-state index contributed by atoms with van der Waals surface area (Å²) < 4.78 is 5.18. The number of rotatable bonds is 6. The number of nitrogens with zero attached hydrogens (tertiary/aromatic N) is 2. The van der Waals surface area contributed by atoms with E-state index in [1.54, 1.807) is 6.26 Å². The Morgan fingerprint density at radius 3 is 2.95 bits per heavy atom. The van der Waals surface area contributed by atoms with E-state index >= 15 is 0 Å². The molecule has 1 fully saturated rings. The molecular weight excluding hydrogens is 238 g/mol. The highest BCUT2D eigenvalue weighted by atomic mass is 16.3. The van der Waals surface area contributed by atoms with Crippen molar-refractivity contribution in [2.24, 2.45) is 0 Å². The Hall–Kier alpha value is -0.840. The predicted molar refractivity (Wildman–Crippen MR) is 78.4 cm³/mol. The molecule has 2 heterocycles. The Labute approximate surface area is 116 Å². The van der Waals surface area contributed by atoms with Crippen molar-refractivity contribution in [3.63, 3.8) is 0 Å². The fourth-order valence-electron chi connectivity index (χ4n) is 2.91. The van der Waals surface area contributed by atoms with Crippen molar-refractivity contribution in [2.45, 2.75) is 31.8 Å². The third-order valence-corrected chi connectivity index (χ3v) is 4.09. The number of nitrogens with one attached hydrogen (secondary N) is 1. The lowest BCUT2D eigenvalue weighted by atomic mass is 9.98. The van der Waals surface area contributed by atoms with Gasteiger partial charge in [-0.2, -0.15) is 0 Å². The molecular formula is C15H27N3O. The summed E-state index contributed by atoms with van der Waals surface area (Å²) in [4.78, 5) is 4.94. The summed E-state index contributed by atoms with van der Waals surface area (Å²) >= 11 is 0. The van der Waals surface area contributed by atoms with Crippen LogP contribution in [-0.4, -0.2) is 62.2 Å². The van der Waals surface area contributed by atoms with Crippen molar-refractivity contribution in [3.8, 4) is 0 Å². The first-order chi connectivity index (χ1) is 9.19. The second kappa shape index (κ2) is 7.08. The maximum atomic E-state index is 5.18. The van der Waals surface area contributed by atoms with Crippen LogP contribution in [0.1, 0.15) is 18.9 Å². The summed E-state index contributed by atoms with van der Waals surface area (Å²) in [5.41, 5.74) is 1.29. The first kappa shape index (κ1) is 14.6. The normalized spacial score (nSPS) is 23.6. The molecule has 108 valence electrons. The van der Waals surface area contributed by atoms with Crippen molar-refractivity contribution >= 4 is 0 Å². The largest absolute Gasteiger partial charge is 0.472 e. The van der Waals surface area contributed by atoms with Crippen molar-refractivity contribution in [1.29, 1.82) is 0 Å². The lowest BCUT2D eigenvalue weighted by Crippen LogP contribution is -2.52. The molecule has 1 aliphatic heterocycles. The van der Waals surface area contributed by atoms with Gasteiger partial charge in [0.2, 0.25) is 0 Å². The van der Waals surface area contributed by atoms with Gasteiger partial charge in [0.05, 0.1) is 12.5 Å². The Morgan fingerprint density at radius 2 is 2.26 bits per heavy atom. The highest BCUT2D eigenvalue weighted by molar-refractivity contribution is 5.07. The van der Waals surface area contributed by atoms with Crippen LogP contribution < -0.4 is 5.32 Å². The number of hydrogen-bond donors (Lipinski definition) is 1. The fraction of sp³-hybridized carbons (Fsp3) is 0.733. The molecule has 0 spiro atoms. The molecule has 1 aromatic rings. The number of piperazine rings is 1. The van der Waals surface area contributed by atoms with Crippen molar-refractivity contribution in [1.82, 2.24) is 15.1 Å². The summed E-state index contributed by atoms with van der Waals surface area (Å²) in [6.07, 6.45) is 5.87. The molecule has 0 bridgehead atoms. The van der Waals surface area contributed by atoms with Crippen LogP contribution in [-0.2, 0) is 6.42 Å². The van der Waals surface area contributed by atoms with E-state index in [0.29, 0.717) is 12.1 Å². The Bertz CT molecular complexity index is 352. The van der Waals surface area contributed by atoms with Crippen LogP contribution >= 0.6 is 0 Å². The minimum Gasteiger partial charge on any atom is -0.472 e. The van der Waals surface area contributed by atoms with Crippen LogP contribution in [0, 0.1) is 0 Å². The number of furan rings is 1. The van der Waals surface area contributed by atoms with E-state index in [2.05, 4.69) is 42.2 Å². The topological polar surface area (TPSA) is 31.7 Å². The van der Waals surface area contributed by atoms with Gasteiger partial charge >= 0.3 is 0 Å². The summed E-state index contributed by atoms with van der Waals surface area (Å²) in [5, 5.41) is 3.62. The maximum absolute atomic E-state index is 5.18. The van der Waals surface area contributed by atoms with Crippen LogP contribution in [0.3, 0.4) is 0 Å². The predicted octanol–water partition coefficient (Wildman–Crippen LogP) is 1.44. The minimum atomic E-state index is 0.529. The van der Waals surface area contributed by atoms with Gasteiger partial charge < -0.3 is 19.5 Å². The number of likely N-dealkylation sites (N-methyl/N-ethyl adjacent to an activating group) is 3. The second-order valence-corrected chi connectivity index (χ2v) is 5.72. The smallest absolute Gasteiger partial charge is 0.0935 e. The van der Waals surface area contributed by atoms with Gasteiger partial charge in [0.25, 0.3) is 0 Å². The first-order valence-electron chi connectivity index (χ1n) is 7.32. The molecule has 0 aliphatic carbocycles. The quantitative estimate of drug-likeness (QED) is 0.843. The third-order valence-electron chi connectivity index (χ3n) is 4.09. The highest BCUT2D eigenvalue weighted by Crippen LogP contribution is 2.15. The van der Waals surface area contributed by atoms with Gasteiger partial charge in [0, 0.05) is 31.7 Å². The van der Waals surface area contributed by atoms with E-state index in [9.17, 15) is 0 Å². The molecule has 2 atom stereocenters. The van der Waals surface area contributed by atoms with Crippen molar-refractivity contribution < 1.29 is 4.42 Å². The molecule has 1 aromatic heterocycles. The number of hydrogen-bond acceptors (Lipinski definition) is 4. The van der Waals surface area contributed by atoms with Crippen LogP contribution in [0.25, 0.3) is 0 Å².